The number of hydrogen-bond acceptors (Lipinski definition) is 3. The van der Waals surface area contributed by atoms with Gasteiger partial charge in [0.2, 0.25) is 5.91 Å². The number of rotatable bonds is 2. The summed E-state index contributed by atoms with van der Waals surface area (Å²) in [5.41, 5.74) is 4.52. The summed E-state index contributed by atoms with van der Waals surface area (Å²) >= 11 is 6.02. The molecule has 0 N–H and O–H groups in total. The van der Waals surface area contributed by atoms with Gasteiger partial charge in [0.15, 0.2) is 6.29 Å². The molecule has 1 amide bonds. The van der Waals surface area contributed by atoms with Crippen molar-refractivity contribution in [3.8, 4) is 11.3 Å². The highest BCUT2D eigenvalue weighted by atomic mass is 35.5. The number of anilines is 1. The molecule has 0 atom stereocenters. The van der Waals surface area contributed by atoms with E-state index in [4.69, 9.17) is 11.6 Å². The Bertz CT molecular complexity index is 993. The van der Waals surface area contributed by atoms with Crippen LogP contribution in [0.3, 0.4) is 0 Å². The van der Waals surface area contributed by atoms with Crippen LogP contribution in [0.4, 0.5) is 5.69 Å². The molecule has 0 aliphatic carbocycles. The normalized spacial score (nSPS) is 13.3. The number of hydrogen-bond donors (Lipinski definition) is 0. The number of halogens is 1. The summed E-state index contributed by atoms with van der Waals surface area (Å²) in [6.45, 7) is 2.25. The lowest BCUT2D eigenvalue weighted by atomic mass is 10.1. The number of nitrogens with zero attached hydrogens (tertiary/aromatic N) is 3. The quantitative estimate of drug-likeness (QED) is 0.673. The highest BCUT2D eigenvalue weighted by molar-refractivity contribution is 6.30. The standard InChI is InChI=1S/C18H14ClN3O2/c1-11(24)21-7-6-12-2-3-13(8-15(12)21)18-16(10-23)22-9-14(19)4-5-17(22)20-18/h2-5,8-10H,6-7H2,1H3. The first-order valence-electron chi connectivity index (χ1n) is 7.62. The van der Waals surface area contributed by atoms with E-state index in [0.29, 0.717) is 28.6 Å². The topological polar surface area (TPSA) is 54.7 Å². The van der Waals surface area contributed by atoms with Crippen molar-refractivity contribution >= 4 is 35.1 Å². The van der Waals surface area contributed by atoms with Gasteiger partial charge in [0.25, 0.3) is 0 Å². The largest absolute Gasteiger partial charge is 0.312 e. The summed E-state index contributed by atoms with van der Waals surface area (Å²) < 4.78 is 1.68. The molecular weight excluding hydrogens is 326 g/mol. The Hall–Kier alpha value is -2.66. The number of amides is 1. The fraction of sp³-hybridized carbons (Fsp3) is 0.167. The van der Waals surface area contributed by atoms with E-state index in [9.17, 15) is 9.59 Å². The van der Waals surface area contributed by atoms with Crippen LogP contribution in [-0.4, -0.2) is 28.1 Å². The molecule has 5 nitrogen and oxygen atoms in total. The Balaban J connectivity index is 1.91. The van der Waals surface area contributed by atoms with Crippen LogP contribution in [0.5, 0.6) is 0 Å². The van der Waals surface area contributed by atoms with Gasteiger partial charge in [-0.15, -0.1) is 0 Å². The van der Waals surface area contributed by atoms with Crippen LogP contribution >= 0.6 is 11.6 Å². The van der Waals surface area contributed by atoms with Crippen LogP contribution in [-0.2, 0) is 11.2 Å². The lowest BCUT2D eigenvalue weighted by Crippen LogP contribution is -2.25. The van der Waals surface area contributed by atoms with Gasteiger partial charge in [-0.2, -0.15) is 0 Å². The maximum absolute atomic E-state index is 11.8. The number of benzene rings is 1. The SMILES string of the molecule is CC(=O)N1CCc2ccc(-c3nc4ccc(Cl)cn4c3C=O)cc21. The van der Waals surface area contributed by atoms with E-state index in [1.165, 1.54) is 0 Å². The number of aldehydes is 1. The smallest absolute Gasteiger partial charge is 0.223 e. The van der Waals surface area contributed by atoms with Crippen molar-refractivity contribution in [2.75, 3.05) is 11.4 Å². The summed E-state index contributed by atoms with van der Waals surface area (Å²) in [6, 6.07) is 9.38. The van der Waals surface area contributed by atoms with Crippen molar-refractivity contribution in [2.45, 2.75) is 13.3 Å². The van der Waals surface area contributed by atoms with Crippen LogP contribution in [0.25, 0.3) is 16.9 Å². The zero-order valence-electron chi connectivity index (χ0n) is 13.0. The van der Waals surface area contributed by atoms with Crippen LogP contribution in [0.2, 0.25) is 5.02 Å². The Morgan fingerprint density at radius 1 is 1.29 bits per heavy atom. The average Bonchev–Trinajstić information content (AvgIpc) is 3.14. The fourth-order valence-corrected chi connectivity index (χ4v) is 3.38. The molecule has 0 bridgehead atoms. The maximum Gasteiger partial charge on any atom is 0.223 e. The molecule has 120 valence electrons. The molecule has 1 aromatic carbocycles. The van der Waals surface area contributed by atoms with Crippen LogP contribution in [0.1, 0.15) is 23.0 Å². The minimum Gasteiger partial charge on any atom is -0.312 e. The number of pyridine rings is 1. The number of aromatic nitrogens is 2. The first kappa shape index (κ1) is 14.9. The van der Waals surface area contributed by atoms with E-state index in [1.54, 1.807) is 34.6 Å². The summed E-state index contributed by atoms with van der Waals surface area (Å²) in [4.78, 5) is 29.7. The van der Waals surface area contributed by atoms with E-state index in [0.717, 1.165) is 29.5 Å². The van der Waals surface area contributed by atoms with E-state index in [1.807, 2.05) is 18.2 Å². The number of carbonyl (C=O) groups is 2. The maximum atomic E-state index is 11.8. The monoisotopic (exact) mass is 339 g/mol. The number of carbonyl (C=O) groups excluding carboxylic acids is 2. The van der Waals surface area contributed by atoms with Gasteiger partial charge in [0, 0.05) is 30.9 Å². The van der Waals surface area contributed by atoms with Crippen molar-refractivity contribution in [3.63, 3.8) is 0 Å². The van der Waals surface area contributed by atoms with Crippen molar-refractivity contribution < 1.29 is 9.59 Å². The molecule has 0 saturated carbocycles. The number of imidazole rings is 1. The molecule has 0 fully saturated rings. The van der Waals surface area contributed by atoms with Crippen LogP contribution in [0, 0.1) is 0 Å². The van der Waals surface area contributed by atoms with Gasteiger partial charge in [-0.25, -0.2) is 4.98 Å². The third-order valence-electron chi connectivity index (χ3n) is 4.37. The van der Waals surface area contributed by atoms with Gasteiger partial charge in [0.05, 0.1) is 5.02 Å². The molecular formula is C18H14ClN3O2. The lowest BCUT2D eigenvalue weighted by molar-refractivity contribution is -0.116. The molecule has 6 heteroatoms. The summed E-state index contributed by atoms with van der Waals surface area (Å²) in [5.74, 6) is 0.0169. The predicted molar refractivity (Wildman–Crippen MR) is 92.8 cm³/mol. The summed E-state index contributed by atoms with van der Waals surface area (Å²) in [5, 5.41) is 0.534. The Labute approximate surface area is 143 Å². The summed E-state index contributed by atoms with van der Waals surface area (Å²) in [6.07, 6.45) is 3.30. The molecule has 0 radical (unpaired) electrons. The Morgan fingerprint density at radius 2 is 2.12 bits per heavy atom. The van der Waals surface area contributed by atoms with Gasteiger partial charge in [-0.05, 0) is 30.2 Å². The highest BCUT2D eigenvalue weighted by Crippen LogP contribution is 2.34. The van der Waals surface area contributed by atoms with E-state index >= 15 is 0 Å². The molecule has 24 heavy (non-hydrogen) atoms. The molecule has 0 unspecified atom stereocenters. The minimum absolute atomic E-state index is 0.0169. The first-order chi connectivity index (χ1) is 11.6. The Morgan fingerprint density at radius 3 is 2.88 bits per heavy atom. The third kappa shape index (κ3) is 2.20. The molecule has 1 aliphatic heterocycles. The summed E-state index contributed by atoms with van der Waals surface area (Å²) in [7, 11) is 0. The predicted octanol–water partition coefficient (Wildman–Crippen LogP) is 3.38. The van der Waals surface area contributed by atoms with Crippen molar-refractivity contribution in [2.24, 2.45) is 0 Å². The van der Waals surface area contributed by atoms with Crippen molar-refractivity contribution in [3.05, 3.63) is 52.8 Å². The van der Waals surface area contributed by atoms with Gasteiger partial charge in [-0.1, -0.05) is 23.7 Å². The molecule has 3 aromatic rings. The molecule has 0 spiro atoms. The van der Waals surface area contributed by atoms with Crippen LogP contribution in [0.15, 0.2) is 36.5 Å². The van der Waals surface area contributed by atoms with Crippen molar-refractivity contribution in [1.82, 2.24) is 9.38 Å². The van der Waals surface area contributed by atoms with Gasteiger partial charge >= 0.3 is 0 Å². The molecule has 4 rings (SSSR count). The van der Waals surface area contributed by atoms with Gasteiger partial charge in [-0.3, -0.25) is 14.0 Å². The van der Waals surface area contributed by atoms with Gasteiger partial charge < -0.3 is 4.90 Å². The zero-order valence-corrected chi connectivity index (χ0v) is 13.7. The minimum atomic E-state index is 0.0169. The van der Waals surface area contributed by atoms with Crippen molar-refractivity contribution in [1.29, 1.82) is 0 Å². The fourth-order valence-electron chi connectivity index (χ4n) is 3.22. The lowest BCUT2D eigenvalue weighted by Gasteiger charge is -2.15. The second-order valence-electron chi connectivity index (χ2n) is 5.80. The average molecular weight is 340 g/mol. The molecule has 3 heterocycles. The molecule has 2 aromatic heterocycles. The van der Waals surface area contributed by atoms with E-state index in [-0.39, 0.29) is 5.91 Å². The number of fused-ring (bicyclic) bond motifs is 2. The first-order valence-corrected chi connectivity index (χ1v) is 8.00. The highest BCUT2D eigenvalue weighted by Gasteiger charge is 2.23. The van der Waals surface area contributed by atoms with Gasteiger partial charge in [0.1, 0.15) is 17.0 Å². The molecule has 1 aliphatic rings. The second-order valence-corrected chi connectivity index (χ2v) is 6.24. The van der Waals surface area contributed by atoms with E-state index < -0.39 is 0 Å². The molecule has 0 saturated heterocycles. The second kappa shape index (κ2) is 5.46. The third-order valence-corrected chi connectivity index (χ3v) is 4.59. The van der Waals surface area contributed by atoms with E-state index in [2.05, 4.69) is 4.98 Å². The zero-order chi connectivity index (χ0) is 16.8. The Kier molecular flexibility index (Phi) is 3.39. The van der Waals surface area contributed by atoms with Crippen LogP contribution < -0.4 is 4.90 Å².